The molecule has 19 heavy (non-hydrogen) atoms. The molecule has 0 aromatic heterocycles. The molecule has 3 rings (SSSR count). The van der Waals surface area contributed by atoms with Crippen molar-refractivity contribution in [2.75, 3.05) is 19.6 Å². The Balaban J connectivity index is 1.51. The Labute approximate surface area is 119 Å². The van der Waals surface area contributed by atoms with Gasteiger partial charge in [0.25, 0.3) is 0 Å². The summed E-state index contributed by atoms with van der Waals surface area (Å²) in [5.74, 6) is 2.85. The van der Waals surface area contributed by atoms with Crippen LogP contribution in [-0.4, -0.2) is 30.6 Å². The predicted molar refractivity (Wildman–Crippen MR) is 81.1 cm³/mol. The summed E-state index contributed by atoms with van der Waals surface area (Å²) < 4.78 is 0. The Hall–Kier alpha value is -0.0800. The minimum Gasteiger partial charge on any atom is -0.330 e. The summed E-state index contributed by atoms with van der Waals surface area (Å²) in [6, 6.07) is 0.953. The first-order chi connectivity index (χ1) is 9.36. The molecule has 0 radical (unpaired) electrons. The highest BCUT2D eigenvalue weighted by Gasteiger charge is 2.34. The summed E-state index contributed by atoms with van der Waals surface area (Å²) in [6.45, 7) is 3.71. The minimum absolute atomic E-state index is 0.833. The smallest absolute Gasteiger partial charge is 0.0124 e. The number of nitrogens with two attached hydrogens (primary N) is 1. The topological polar surface area (TPSA) is 29.3 Å². The van der Waals surface area contributed by atoms with Crippen LogP contribution in [0.25, 0.3) is 0 Å². The number of likely N-dealkylation sites (tertiary alicyclic amines) is 1. The Bertz CT molecular complexity index is 268. The molecule has 0 unspecified atom stereocenters. The summed E-state index contributed by atoms with van der Waals surface area (Å²) in [5, 5.41) is 0. The number of nitrogens with zero attached hydrogens (tertiary/aromatic N) is 1. The highest BCUT2D eigenvalue weighted by atomic mass is 15.2. The van der Waals surface area contributed by atoms with Crippen molar-refractivity contribution in [2.45, 2.75) is 70.3 Å². The molecule has 0 amide bonds. The van der Waals surface area contributed by atoms with Gasteiger partial charge in [0.1, 0.15) is 0 Å². The van der Waals surface area contributed by atoms with Gasteiger partial charge in [0.2, 0.25) is 0 Å². The van der Waals surface area contributed by atoms with Crippen molar-refractivity contribution in [3.8, 4) is 0 Å². The normalized spacial score (nSPS) is 40.9. The van der Waals surface area contributed by atoms with E-state index >= 15 is 0 Å². The van der Waals surface area contributed by atoms with Crippen LogP contribution in [-0.2, 0) is 0 Å². The quantitative estimate of drug-likeness (QED) is 0.846. The van der Waals surface area contributed by atoms with Crippen molar-refractivity contribution < 1.29 is 0 Å². The van der Waals surface area contributed by atoms with Crippen molar-refractivity contribution >= 4 is 0 Å². The summed E-state index contributed by atoms with van der Waals surface area (Å²) >= 11 is 0. The zero-order valence-electron chi connectivity index (χ0n) is 12.5. The van der Waals surface area contributed by atoms with Crippen molar-refractivity contribution in [1.29, 1.82) is 0 Å². The molecule has 2 nitrogen and oxygen atoms in total. The molecule has 2 N–H and O–H groups in total. The molecule has 2 heteroatoms. The van der Waals surface area contributed by atoms with Gasteiger partial charge in [-0.3, -0.25) is 4.90 Å². The zero-order valence-corrected chi connectivity index (χ0v) is 12.5. The summed E-state index contributed by atoms with van der Waals surface area (Å²) in [5.41, 5.74) is 5.81. The molecule has 3 aliphatic rings. The summed E-state index contributed by atoms with van der Waals surface area (Å²) in [4.78, 5) is 2.89. The minimum atomic E-state index is 0.833. The average molecular weight is 264 g/mol. The first kappa shape index (κ1) is 13.9. The Morgan fingerprint density at radius 1 is 0.789 bits per heavy atom. The Kier molecular flexibility index (Phi) is 4.81. The molecule has 0 aromatic rings. The molecular formula is C17H32N2. The van der Waals surface area contributed by atoms with Crippen molar-refractivity contribution in [3.05, 3.63) is 0 Å². The number of rotatable bonds is 3. The van der Waals surface area contributed by atoms with Crippen molar-refractivity contribution in [2.24, 2.45) is 23.5 Å². The van der Waals surface area contributed by atoms with Gasteiger partial charge in [-0.05, 0) is 82.2 Å². The number of hydrogen-bond donors (Lipinski definition) is 1. The van der Waals surface area contributed by atoms with Crippen LogP contribution in [0.5, 0.6) is 0 Å². The number of fused-ring (bicyclic) bond motifs is 1. The van der Waals surface area contributed by atoms with Gasteiger partial charge in [0.15, 0.2) is 0 Å². The van der Waals surface area contributed by atoms with Crippen LogP contribution >= 0.6 is 0 Å². The fraction of sp³-hybridized carbons (Fsp3) is 1.00. The van der Waals surface area contributed by atoms with E-state index in [4.69, 9.17) is 5.73 Å². The molecule has 2 atom stereocenters. The van der Waals surface area contributed by atoms with E-state index in [9.17, 15) is 0 Å². The lowest BCUT2D eigenvalue weighted by Crippen LogP contribution is -2.48. The second kappa shape index (κ2) is 6.58. The maximum Gasteiger partial charge on any atom is 0.0124 e. The van der Waals surface area contributed by atoms with Gasteiger partial charge in [-0.2, -0.15) is 0 Å². The van der Waals surface area contributed by atoms with Crippen LogP contribution in [0.3, 0.4) is 0 Å². The van der Waals surface area contributed by atoms with Gasteiger partial charge < -0.3 is 5.73 Å². The highest BCUT2D eigenvalue weighted by Crippen LogP contribution is 2.37. The lowest BCUT2D eigenvalue weighted by Gasteiger charge is -2.46. The van der Waals surface area contributed by atoms with E-state index in [1.54, 1.807) is 0 Å². The lowest BCUT2D eigenvalue weighted by atomic mass is 9.77. The molecule has 2 saturated carbocycles. The molecule has 1 aliphatic heterocycles. The molecule has 0 aromatic carbocycles. The molecule has 2 aliphatic carbocycles. The van der Waals surface area contributed by atoms with Crippen LogP contribution in [0.2, 0.25) is 0 Å². The van der Waals surface area contributed by atoms with Gasteiger partial charge in [-0.1, -0.05) is 12.8 Å². The third-order valence-electron chi connectivity index (χ3n) is 6.15. The summed E-state index contributed by atoms with van der Waals surface area (Å²) in [7, 11) is 0. The van der Waals surface area contributed by atoms with E-state index in [1.807, 2.05) is 0 Å². The third kappa shape index (κ3) is 3.33. The van der Waals surface area contributed by atoms with Crippen LogP contribution < -0.4 is 5.73 Å². The predicted octanol–water partition coefficient (Wildman–Crippen LogP) is 3.41. The average Bonchev–Trinajstić information content (AvgIpc) is 2.48. The third-order valence-corrected chi connectivity index (χ3v) is 6.15. The standard InChI is InChI=1S/C17H32N2/c18-12-14-7-9-15(10-8-14)13-19-11-3-5-16-4-1-2-6-17(16)19/h14-17H,1-13,18H2/t14?,15?,16-,17-/m1/s1. The summed E-state index contributed by atoms with van der Waals surface area (Å²) in [6.07, 6.45) is 14.6. The van der Waals surface area contributed by atoms with E-state index in [0.29, 0.717) is 0 Å². The molecular weight excluding hydrogens is 232 g/mol. The molecule has 1 heterocycles. The van der Waals surface area contributed by atoms with Gasteiger partial charge in [-0.25, -0.2) is 0 Å². The molecule has 0 spiro atoms. The molecule has 3 fully saturated rings. The van der Waals surface area contributed by atoms with E-state index in [2.05, 4.69) is 4.90 Å². The molecule has 110 valence electrons. The van der Waals surface area contributed by atoms with Gasteiger partial charge in [0, 0.05) is 12.6 Å². The monoisotopic (exact) mass is 264 g/mol. The largest absolute Gasteiger partial charge is 0.330 e. The zero-order chi connectivity index (χ0) is 13.1. The van der Waals surface area contributed by atoms with Crippen LogP contribution in [0.4, 0.5) is 0 Å². The second-order valence-electron chi connectivity index (χ2n) is 7.37. The van der Waals surface area contributed by atoms with Crippen LogP contribution in [0.1, 0.15) is 64.2 Å². The fourth-order valence-corrected chi connectivity index (χ4v) is 4.94. The number of piperidine rings is 1. The van der Waals surface area contributed by atoms with E-state index in [0.717, 1.165) is 30.3 Å². The van der Waals surface area contributed by atoms with Crippen molar-refractivity contribution in [1.82, 2.24) is 4.90 Å². The van der Waals surface area contributed by atoms with E-state index in [1.165, 1.54) is 77.3 Å². The maximum absolute atomic E-state index is 5.81. The van der Waals surface area contributed by atoms with Gasteiger partial charge in [-0.15, -0.1) is 0 Å². The first-order valence-corrected chi connectivity index (χ1v) is 8.81. The fourth-order valence-electron chi connectivity index (χ4n) is 4.94. The first-order valence-electron chi connectivity index (χ1n) is 8.81. The SMILES string of the molecule is NCC1CCC(CN2CCC[C@H]3CCCC[C@H]32)CC1. The van der Waals surface area contributed by atoms with Gasteiger partial charge >= 0.3 is 0 Å². The van der Waals surface area contributed by atoms with Crippen molar-refractivity contribution in [3.63, 3.8) is 0 Å². The Morgan fingerprint density at radius 2 is 1.47 bits per heavy atom. The molecule has 0 bridgehead atoms. The van der Waals surface area contributed by atoms with E-state index < -0.39 is 0 Å². The van der Waals surface area contributed by atoms with Crippen LogP contribution in [0.15, 0.2) is 0 Å². The maximum atomic E-state index is 5.81. The van der Waals surface area contributed by atoms with Crippen LogP contribution in [0, 0.1) is 17.8 Å². The highest BCUT2D eigenvalue weighted by molar-refractivity contribution is 4.88. The Morgan fingerprint density at radius 3 is 2.26 bits per heavy atom. The van der Waals surface area contributed by atoms with E-state index in [-0.39, 0.29) is 0 Å². The molecule has 1 saturated heterocycles. The lowest BCUT2D eigenvalue weighted by molar-refractivity contribution is 0.0405. The second-order valence-corrected chi connectivity index (χ2v) is 7.37. The number of hydrogen-bond acceptors (Lipinski definition) is 2. The van der Waals surface area contributed by atoms with Gasteiger partial charge in [0.05, 0.1) is 0 Å².